The number of hydrogen-bond acceptors (Lipinski definition) is 8. The minimum Gasteiger partial charge on any atom is -0.439 e. The van der Waals surface area contributed by atoms with Gasteiger partial charge < -0.3 is 15.4 Å². The number of amides is 1. The molecule has 1 amide bonds. The number of ketones is 1. The molecule has 0 saturated carbocycles. The molecular formula is C26H28N4O5S. The van der Waals surface area contributed by atoms with E-state index in [4.69, 9.17) is 10.5 Å². The smallest absolute Gasteiger partial charge is 0.253 e. The molecule has 1 unspecified atom stereocenters. The second-order valence-corrected chi connectivity index (χ2v) is 11.5. The molecule has 1 fully saturated rings. The first-order chi connectivity index (χ1) is 16.9. The van der Waals surface area contributed by atoms with Crippen LogP contribution in [0.2, 0.25) is 0 Å². The molecule has 1 aliphatic heterocycles. The van der Waals surface area contributed by atoms with Crippen molar-refractivity contribution < 1.29 is 22.7 Å². The molecule has 1 atom stereocenters. The molecule has 1 saturated heterocycles. The Hall–Kier alpha value is -3.79. The van der Waals surface area contributed by atoms with Crippen molar-refractivity contribution in [2.45, 2.75) is 49.6 Å². The Balaban J connectivity index is 1.73. The summed E-state index contributed by atoms with van der Waals surface area (Å²) in [4.78, 5) is 34.3. The van der Waals surface area contributed by atoms with Crippen LogP contribution in [0.1, 0.15) is 54.8 Å². The van der Waals surface area contributed by atoms with Gasteiger partial charge in [0, 0.05) is 29.9 Å². The summed E-state index contributed by atoms with van der Waals surface area (Å²) in [5, 5.41) is -0.297. The highest BCUT2D eigenvalue weighted by atomic mass is 32.2. The molecule has 3 heterocycles. The van der Waals surface area contributed by atoms with Crippen molar-refractivity contribution in [2.24, 2.45) is 11.7 Å². The van der Waals surface area contributed by atoms with E-state index in [1.165, 1.54) is 37.4 Å². The lowest BCUT2D eigenvalue weighted by Crippen LogP contribution is -2.40. The van der Waals surface area contributed by atoms with Crippen LogP contribution in [0.5, 0.6) is 11.6 Å². The van der Waals surface area contributed by atoms with E-state index in [1.54, 1.807) is 24.3 Å². The molecular weight excluding hydrogens is 480 g/mol. The summed E-state index contributed by atoms with van der Waals surface area (Å²) in [6.45, 7) is 8.22. The summed E-state index contributed by atoms with van der Waals surface area (Å²) in [6.07, 6.45) is 2.23. The van der Waals surface area contributed by atoms with Crippen molar-refractivity contribution in [3.05, 3.63) is 65.9 Å². The number of carbonyl (C=O) groups excluding carboxylic acids is 2. The quantitative estimate of drug-likeness (QED) is 0.473. The number of aromatic nitrogens is 2. The Morgan fingerprint density at radius 2 is 1.81 bits per heavy atom. The molecule has 0 spiro atoms. The molecule has 36 heavy (non-hydrogen) atoms. The third-order valence-electron chi connectivity index (χ3n) is 6.21. The van der Waals surface area contributed by atoms with Crippen molar-refractivity contribution >= 4 is 27.3 Å². The largest absolute Gasteiger partial charge is 0.439 e. The fraction of sp³-hybridized carbons (Fsp3) is 0.308. The summed E-state index contributed by atoms with van der Waals surface area (Å²) in [5.74, 6) is 0.0395. The minimum absolute atomic E-state index is 0.0380. The van der Waals surface area contributed by atoms with E-state index < -0.39 is 15.7 Å². The Morgan fingerprint density at radius 1 is 1.11 bits per heavy atom. The molecule has 2 N–H and O–H groups in total. The Morgan fingerprint density at radius 3 is 2.39 bits per heavy atom. The van der Waals surface area contributed by atoms with Gasteiger partial charge in [0.2, 0.25) is 15.7 Å². The number of carbonyl (C=O) groups is 2. The van der Waals surface area contributed by atoms with E-state index in [1.807, 2.05) is 18.7 Å². The number of hydrogen-bond donors (Lipinski definition) is 1. The zero-order valence-corrected chi connectivity index (χ0v) is 21.4. The van der Waals surface area contributed by atoms with Gasteiger partial charge in [-0.25, -0.2) is 18.4 Å². The summed E-state index contributed by atoms with van der Waals surface area (Å²) in [7, 11) is -4.25. The SMILES string of the molecule is CC(=O)c1ccc(Oc2cccc(S(=O)(=O)c3ccnc(N4CC(C)CC4(C)C)c3C(N)=O)n2)cc1. The minimum atomic E-state index is -4.25. The molecule has 9 nitrogen and oxygen atoms in total. The number of ether oxygens (including phenoxy) is 1. The van der Waals surface area contributed by atoms with Crippen LogP contribution < -0.4 is 15.4 Å². The molecule has 1 aliphatic rings. The highest BCUT2D eigenvalue weighted by Crippen LogP contribution is 2.39. The molecule has 0 bridgehead atoms. The van der Waals surface area contributed by atoms with Gasteiger partial charge in [-0.05, 0) is 69.5 Å². The maximum atomic E-state index is 13.7. The van der Waals surface area contributed by atoms with Crippen molar-refractivity contribution in [1.82, 2.24) is 9.97 Å². The van der Waals surface area contributed by atoms with Crippen molar-refractivity contribution in [1.29, 1.82) is 0 Å². The Kier molecular flexibility index (Phi) is 6.57. The van der Waals surface area contributed by atoms with Crippen LogP contribution in [0.15, 0.2) is 64.6 Å². The first kappa shape index (κ1) is 25.3. The van der Waals surface area contributed by atoms with Crippen LogP contribution in [0.3, 0.4) is 0 Å². The maximum absolute atomic E-state index is 13.7. The second kappa shape index (κ2) is 9.34. The van der Waals surface area contributed by atoms with Crippen molar-refractivity contribution in [2.75, 3.05) is 11.4 Å². The number of sulfone groups is 1. The standard InChI is InChI=1S/C26H28N4O5S/c1-16-14-26(3,4)30(15-16)25-23(24(27)32)20(12-13-28-25)36(33,34)22-7-5-6-21(29-22)35-19-10-8-18(9-11-19)17(2)31/h5-13,16H,14-15H2,1-4H3,(H2,27,32). The zero-order chi connectivity index (χ0) is 26.3. The number of anilines is 1. The van der Waals surface area contributed by atoms with Crippen molar-refractivity contribution in [3.63, 3.8) is 0 Å². The Bertz CT molecular complexity index is 1430. The van der Waals surface area contributed by atoms with Gasteiger partial charge in [0.05, 0.1) is 4.90 Å². The number of primary amides is 1. The van der Waals surface area contributed by atoms with Gasteiger partial charge in [-0.3, -0.25) is 9.59 Å². The fourth-order valence-corrected chi connectivity index (χ4v) is 6.04. The lowest BCUT2D eigenvalue weighted by molar-refractivity contribution is 0.0993. The lowest BCUT2D eigenvalue weighted by Gasteiger charge is -2.33. The van der Waals surface area contributed by atoms with E-state index in [0.717, 1.165) is 6.42 Å². The lowest BCUT2D eigenvalue weighted by atomic mass is 9.97. The summed E-state index contributed by atoms with van der Waals surface area (Å²) in [5.41, 5.74) is 5.74. The first-order valence-electron chi connectivity index (χ1n) is 11.5. The maximum Gasteiger partial charge on any atom is 0.253 e. The molecule has 1 aromatic carbocycles. The third-order valence-corrected chi connectivity index (χ3v) is 7.91. The first-order valence-corrected chi connectivity index (χ1v) is 13.0. The predicted octanol–water partition coefficient (Wildman–Crippen LogP) is 4.03. The molecule has 10 heteroatoms. The van der Waals surface area contributed by atoms with Crippen LogP contribution in [0.25, 0.3) is 0 Å². The van der Waals surface area contributed by atoms with Crippen LogP contribution in [0, 0.1) is 5.92 Å². The normalized spacial score (nSPS) is 17.1. The predicted molar refractivity (Wildman–Crippen MR) is 134 cm³/mol. The van der Waals surface area contributed by atoms with Gasteiger partial charge in [-0.2, -0.15) is 0 Å². The Labute approximate surface area is 210 Å². The number of nitrogens with zero attached hydrogens (tertiary/aromatic N) is 3. The van der Waals surface area contributed by atoms with Gasteiger partial charge in [-0.1, -0.05) is 13.0 Å². The zero-order valence-electron chi connectivity index (χ0n) is 20.6. The van der Waals surface area contributed by atoms with Gasteiger partial charge >= 0.3 is 0 Å². The molecule has 4 rings (SSSR count). The number of pyridine rings is 2. The van der Waals surface area contributed by atoms with E-state index in [2.05, 4.69) is 16.9 Å². The highest BCUT2D eigenvalue weighted by Gasteiger charge is 2.40. The summed E-state index contributed by atoms with van der Waals surface area (Å²) in [6, 6.07) is 12.0. The van der Waals surface area contributed by atoms with Crippen LogP contribution >= 0.6 is 0 Å². The van der Waals surface area contributed by atoms with Crippen LogP contribution in [-0.4, -0.2) is 42.2 Å². The average molecular weight is 509 g/mol. The molecule has 2 aromatic heterocycles. The van der Waals surface area contributed by atoms with Crippen LogP contribution in [-0.2, 0) is 9.84 Å². The monoisotopic (exact) mass is 508 g/mol. The fourth-order valence-electron chi connectivity index (χ4n) is 4.65. The molecule has 3 aromatic rings. The van der Waals surface area contributed by atoms with Gasteiger partial charge in [0.1, 0.15) is 17.1 Å². The average Bonchev–Trinajstić information content (AvgIpc) is 3.10. The van der Waals surface area contributed by atoms with E-state index in [-0.39, 0.29) is 38.5 Å². The topological polar surface area (TPSA) is 133 Å². The number of nitrogens with two attached hydrogens (primary N) is 1. The third kappa shape index (κ3) is 4.81. The number of Topliss-reactive ketones (excluding diaryl/α,β-unsaturated/α-hetero) is 1. The second-order valence-electron chi connectivity index (χ2n) is 9.60. The van der Waals surface area contributed by atoms with E-state index in [0.29, 0.717) is 23.8 Å². The number of benzene rings is 1. The summed E-state index contributed by atoms with van der Waals surface area (Å²) >= 11 is 0. The molecule has 0 radical (unpaired) electrons. The van der Waals surface area contributed by atoms with E-state index >= 15 is 0 Å². The number of rotatable bonds is 7. The molecule has 188 valence electrons. The van der Waals surface area contributed by atoms with Crippen LogP contribution in [0.4, 0.5) is 5.82 Å². The van der Waals surface area contributed by atoms with Crippen molar-refractivity contribution in [3.8, 4) is 11.6 Å². The highest BCUT2D eigenvalue weighted by molar-refractivity contribution is 7.91. The summed E-state index contributed by atoms with van der Waals surface area (Å²) < 4.78 is 33.0. The van der Waals surface area contributed by atoms with Gasteiger partial charge in [0.25, 0.3) is 5.91 Å². The van der Waals surface area contributed by atoms with E-state index in [9.17, 15) is 18.0 Å². The van der Waals surface area contributed by atoms with Gasteiger partial charge in [0.15, 0.2) is 10.8 Å². The van der Waals surface area contributed by atoms with Gasteiger partial charge in [-0.15, -0.1) is 0 Å². The molecule has 0 aliphatic carbocycles.